The Morgan fingerprint density at radius 1 is 0.811 bits per heavy atom. The van der Waals surface area contributed by atoms with E-state index in [4.69, 9.17) is 4.74 Å². The van der Waals surface area contributed by atoms with E-state index in [0.717, 1.165) is 44.1 Å². The average molecular weight is 526 g/mol. The molecule has 0 saturated carbocycles. The maximum Gasteiger partial charge on any atom is 0.432 e. The average Bonchev–Trinajstić information content (AvgIpc) is 3.31. The van der Waals surface area contributed by atoms with Gasteiger partial charge in [-0.2, -0.15) is 8.78 Å². The second kappa shape index (κ2) is 11.1. The van der Waals surface area contributed by atoms with E-state index in [2.05, 4.69) is 11.7 Å². The Morgan fingerprint density at radius 3 is 2.03 bits per heavy atom. The third-order valence-electron chi connectivity index (χ3n) is 6.39. The SMILES string of the molecule is CCCCCC1CCC(c2ccc(-c3cc(F)c(C(F)(F)Oc4cc(F)c(F)c(F)c4)c(F)c3)cc2)O1. The monoisotopic (exact) mass is 526 g/mol. The first-order chi connectivity index (χ1) is 17.6. The Morgan fingerprint density at radius 2 is 1.43 bits per heavy atom. The molecule has 1 fully saturated rings. The van der Waals surface area contributed by atoms with Crippen LogP contribution in [0.2, 0.25) is 0 Å². The molecule has 1 aliphatic rings. The topological polar surface area (TPSA) is 18.5 Å². The molecule has 1 saturated heterocycles. The minimum absolute atomic E-state index is 0.00440. The molecule has 2 atom stereocenters. The smallest absolute Gasteiger partial charge is 0.429 e. The van der Waals surface area contributed by atoms with Gasteiger partial charge in [0.05, 0.1) is 12.2 Å². The standard InChI is InChI=1S/C28H25F7O2/c1-2-3-4-5-19-10-11-25(36-19)17-8-6-16(7-9-17)18-12-21(29)26(22(30)13-18)28(34,35)37-20-14-23(31)27(33)24(32)15-20/h6-9,12-15,19,25H,2-5,10-11H2,1H3. The number of ether oxygens (including phenoxy) is 2. The van der Waals surface area contributed by atoms with Crippen LogP contribution in [0.5, 0.6) is 5.75 Å². The molecule has 2 nitrogen and oxygen atoms in total. The molecule has 3 aromatic rings. The van der Waals surface area contributed by atoms with E-state index in [1.54, 1.807) is 24.3 Å². The first-order valence-electron chi connectivity index (χ1n) is 12.1. The van der Waals surface area contributed by atoms with Gasteiger partial charge in [-0.25, -0.2) is 22.0 Å². The third kappa shape index (κ3) is 6.09. The molecule has 198 valence electrons. The fraction of sp³-hybridized carbons (Fsp3) is 0.357. The van der Waals surface area contributed by atoms with Gasteiger partial charge in [0, 0.05) is 12.1 Å². The van der Waals surface area contributed by atoms with Gasteiger partial charge < -0.3 is 9.47 Å². The van der Waals surface area contributed by atoms with Gasteiger partial charge in [0.2, 0.25) is 0 Å². The fourth-order valence-corrected chi connectivity index (χ4v) is 4.48. The molecule has 0 aromatic heterocycles. The summed E-state index contributed by atoms with van der Waals surface area (Å²) < 4.78 is 108. The highest BCUT2D eigenvalue weighted by molar-refractivity contribution is 5.64. The molecule has 37 heavy (non-hydrogen) atoms. The van der Waals surface area contributed by atoms with Crippen molar-refractivity contribution in [1.82, 2.24) is 0 Å². The molecule has 0 radical (unpaired) electrons. The van der Waals surface area contributed by atoms with E-state index in [-0.39, 0.29) is 29.9 Å². The highest BCUT2D eigenvalue weighted by Gasteiger charge is 2.41. The van der Waals surface area contributed by atoms with Gasteiger partial charge in [-0.05, 0) is 48.1 Å². The van der Waals surface area contributed by atoms with Crippen LogP contribution in [0.25, 0.3) is 11.1 Å². The summed E-state index contributed by atoms with van der Waals surface area (Å²) in [5.41, 5.74) is -0.438. The fourth-order valence-electron chi connectivity index (χ4n) is 4.48. The van der Waals surface area contributed by atoms with Crippen molar-refractivity contribution >= 4 is 0 Å². The highest BCUT2D eigenvalue weighted by atomic mass is 19.3. The number of rotatable bonds is 9. The van der Waals surface area contributed by atoms with Crippen LogP contribution in [0, 0.1) is 29.1 Å². The number of benzene rings is 3. The Labute approximate surface area is 210 Å². The van der Waals surface area contributed by atoms with Gasteiger partial charge in [0.1, 0.15) is 22.9 Å². The van der Waals surface area contributed by atoms with E-state index in [0.29, 0.717) is 17.7 Å². The normalized spacial score (nSPS) is 17.8. The summed E-state index contributed by atoms with van der Waals surface area (Å²) in [5, 5.41) is 0. The van der Waals surface area contributed by atoms with Gasteiger partial charge in [0.15, 0.2) is 17.5 Å². The molecule has 0 amide bonds. The Hall–Kier alpha value is -3.07. The Bertz CT molecular complexity index is 1200. The van der Waals surface area contributed by atoms with Crippen LogP contribution < -0.4 is 4.74 Å². The van der Waals surface area contributed by atoms with E-state index in [1.807, 2.05) is 0 Å². The lowest BCUT2D eigenvalue weighted by Gasteiger charge is -2.20. The van der Waals surface area contributed by atoms with Crippen LogP contribution in [0.3, 0.4) is 0 Å². The summed E-state index contributed by atoms with van der Waals surface area (Å²) in [4.78, 5) is 0. The summed E-state index contributed by atoms with van der Waals surface area (Å²) in [5.74, 6) is -9.86. The second-order valence-corrected chi connectivity index (χ2v) is 9.08. The molecular weight excluding hydrogens is 501 g/mol. The first-order valence-corrected chi connectivity index (χ1v) is 12.1. The Balaban J connectivity index is 1.50. The van der Waals surface area contributed by atoms with E-state index >= 15 is 0 Å². The van der Waals surface area contributed by atoms with Crippen LogP contribution in [-0.4, -0.2) is 6.10 Å². The van der Waals surface area contributed by atoms with Crippen LogP contribution in [-0.2, 0) is 10.8 Å². The van der Waals surface area contributed by atoms with Crippen molar-refractivity contribution in [2.75, 3.05) is 0 Å². The van der Waals surface area contributed by atoms with Crippen LogP contribution in [0.4, 0.5) is 30.7 Å². The molecule has 4 rings (SSSR count). The van der Waals surface area contributed by atoms with Gasteiger partial charge in [-0.1, -0.05) is 50.5 Å². The molecule has 1 aliphatic heterocycles. The van der Waals surface area contributed by atoms with Crippen molar-refractivity contribution in [3.8, 4) is 16.9 Å². The quantitative estimate of drug-likeness (QED) is 0.157. The van der Waals surface area contributed by atoms with Gasteiger partial charge in [0.25, 0.3) is 0 Å². The van der Waals surface area contributed by atoms with Crippen molar-refractivity contribution in [3.05, 3.63) is 88.7 Å². The van der Waals surface area contributed by atoms with Gasteiger partial charge in [-0.3, -0.25) is 0 Å². The Kier molecular flexibility index (Phi) is 8.11. The van der Waals surface area contributed by atoms with Crippen molar-refractivity contribution in [1.29, 1.82) is 0 Å². The number of hydrogen-bond acceptors (Lipinski definition) is 2. The molecule has 0 bridgehead atoms. The molecule has 9 heteroatoms. The zero-order chi connectivity index (χ0) is 26.7. The summed E-state index contributed by atoms with van der Waals surface area (Å²) in [6, 6.07) is 8.52. The third-order valence-corrected chi connectivity index (χ3v) is 6.39. The number of halogens is 7. The minimum Gasteiger partial charge on any atom is -0.429 e. The van der Waals surface area contributed by atoms with E-state index in [1.165, 1.54) is 0 Å². The minimum atomic E-state index is -4.64. The molecule has 3 aromatic carbocycles. The molecule has 1 heterocycles. The predicted octanol–water partition coefficient (Wildman–Crippen LogP) is 8.98. The summed E-state index contributed by atoms with van der Waals surface area (Å²) >= 11 is 0. The number of alkyl halides is 2. The first kappa shape index (κ1) is 27.0. The lowest BCUT2D eigenvalue weighted by Crippen LogP contribution is -2.25. The van der Waals surface area contributed by atoms with E-state index in [9.17, 15) is 30.7 Å². The molecule has 2 unspecified atom stereocenters. The largest absolute Gasteiger partial charge is 0.432 e. The van der Waals surface area contributed by atoms with Crippen molar-refractivity contribution in [3.63, 3.8) is 0 Å². The zero-order valence-corrected chi connectivity index (χ0v) is 20.0. The molecule has 0 aliphatic carbocycles. The summed E-state index contributed by atoms with van der Waals surface area (Å²) in [6.45, 7) is 2.14. The van der Waals surface area contributed by atoms with Crippen molar-refractivity contribution in [2.24, 2.45) is 0 Å². The summed E-state index contributed by atoms with van der Waals surface area (Å²) in [7, 11) is 0. The maximum absolute atomic E-state index is 14.7. The lowest BCUT2D eigenvalue weighted by atomic mass is 9.99. The number of unbranched alkanes of at least 4 members (excludes halogenated alkanes) is 2. The van der Waals surface area contributed by atoms with E-state index < -0.39 is 46.5 Å². The number of hydrogen-bond donors (Lipinski definition) is 0. The molecular formula is C28H25F7O2. The van der Waals surface area contributed by atoms with Crippen LogP contribution in [0.15, 0.2) is 48.5 Å². The van der Waals surface area contributed by atoms with Gasteiger partial charge in [-0.15, -0.1) is 0 Å². The van der Waals surface area contributed by atoms with Crippen molar-refractivity contribution < 1.29 is 40.2 Å². The molecule has 0 spiro atoms. The van der Waals surface area contributed by atoms with Gasteiger partial charge >= 0.3 is 6.11 Å². The lowest BCUT2D eigenvalue weighted by molar-refractivity contribution is -0.189. The zero-order valence-electron chi connectivity index (χ0n) is 20.0. The molecule has 0 N–H and O–H groups in total. The van der Waals surface area contributed by atoms with Crippen molar-refractivity contribution in [2.45, 2.75) is 63.8 Å². The summed E-state index contributed by atoms with van der Waals surface area (Å²) in [6.07, 6.45) is 1.74. The maximum atomic E-state index is 14.7. The van der Waals surface area contributed by atoms with Crippen LogP contribution >= 0.6 is 0 Å². The second-order valence-electron chi connectivity index (χ2n) is 9.08. The van der Waals surface area contributed by atoms with Crippen LogP contribution in [0.1, 0.15) is 62.7 Å². The highest BCUT2D eigenvalue weighted by Crippen LogP contribution is 2.39. The predicted molar refractivity (Wildman–Crippen MR) is 124 cm³/mol.